The molecule has 76 valence electrons. The van der Waals surface area contributed by atoms with E-state index in [0.717, 1.165) is 0 Å². The van der Waals surface area contributed by atoms with Crippen LogP contribution in [0.25, 0.3) is 0 Å². The summed E-state index contributed by atoms with van der Waals surface area (Å²) in [5, 5.41) is 2.53. The van der Waals surface area contributed by atoms with Gasteiger partial charge in [-0.2, -0.15) is 0 Å². The zero-order valence-corrected chi connectivity index (χ0v) is 8.55. The van der Waals surface area contributed by atoms with E-state index in [9.17, 15) is 9.59 Å². The molecule has 0 spiro atoms. The fourth-order valence-electron chi connectivity index (χ4n) is 1.01. The number of nitrogens with two attached hydrogens (primary N) is 1. The van der Waals surface area contributed by atoms with Crippen LogP contribution in [0.5, 0.6) is 0 Å². The van der Waals surface area contributed by atoms with Crippen LogP contribution in [0.15, 0.2) is 0 Å². The minimum atomic E-state index is -0.889. The molecule has 0 saturated carbocycles. The summed E-state index contributed by atoms with van der Waals surface area (Å²) in [4.78, 5) is 23.9. The van der Waals surface area contributed by atoms with Crippen LogP contribution in [0.2, 0.25) is 0 Å². The Morgan fingerprint density at radius 1 is 1.38 bits per heavy atom. The summed E-state index contributed by atoms with van der Waals surface area (Å²) < 4.78 is 0. The highest BCUT2D eigenvalue weighted by Gasteiger charge is 2.30. The van der Waals surface area contributed by atoms with E-state index in [4.69, 9.17) is 5.73 Å². The molecule has 0 aliphatic rings. The topological polar surface area (TPSA) is 75.4 Å². The van der Waals surface area contributed by atoms with Gasteiger partial charge in [0, 0.05) is 14.1 Å². The van der Waals surface area contributed by atoms with Crippen LogP contribution >= 0.6 is 0 Å². The molecule has 0 unspecified atom stereocenters. The monoisotopic (exact) mass is 187 g/mol. The van der Waals surface area contributed by atoms with Crippen molar-refractivity contribution in [1.29, 1.82) is 0 Å². The molecule has 13 heavy (non-hydrogen) atoms. The van der Waals surface area contributed by atoms with Crippen LogP contribution in [0, 0.1) is 0 Å². The highest BCUT2D eigenvalue weighted by Crippen LogP contribution is 2.04. The van der Waals surface area contributed by atoms with E-state index in [1.54, 1.807) is 27.9 Å². The summed E-state index contributed by atoms with van der Waals surface area (Å²) in [7, 11) is 3.28. The van der Waals surface area contributed by atoms with E-state index in [1.165, 1.54) is 4.90 Å². The molecule has 0 bridgehead atoms. The summed E-state index contributed by atoms with van der Waals surface area (Å²) in [6.45, 7) is 3.18. The highest BCUT2D eigenvalue weighted by atomic mass is 16.2. The van der Waals surface area contributed by atoms with Gasteiger partial charge in [-0.15, -0.1) is 0 Å². The summed E-state index contributed by atoms with van der Waals surface area (Å²) >= 11 is 0. The quantitative estimate of drug-likeness (QED) is 0.590. The standard InChI is InChI=1S/C8H17N3O2/c1-8(2,7(13)11(3)4)10-6(12)5-9/h5,9H2,1-4H3,(H,10,12). The van der Waals surface area contributed by atoms with Gasteiger partial charge in [0.25, 0.3) is 0 Å². The van der Waals surface area contributed by atoms with Gasteiger partial charge >= 0.3 is 0 Å². The second-order valence-corrected chi connectivity index (χ2v) is 3.58. The molecule has 0 atom stereocenters. The molecule has 0 radical (unpaired) electrons. The maximum absolute atomic E-state index is 11.5. The molecule has 0 aromatic rings. The van der Waals surface area contributed by atoms with Crippen molar-refractivity contribution < 1.29 is 9.59 Å². The Kier molecular flexibility index (Phi) is 3.87. The number of hydrogen-bond donors (Lipinski definition) is 2. The average molecular weight is 187 g/mol. The lowest BCUT2D eigenvalue weighted by Gasteiger charge is -2.27. The summed E-state index contributed by atoms with van der Waals surface area (Å²) in [5.41, 5.74) is 4.23. The van der Waals surface area contributed by atoms with Crippen molar-refractivity contribution in [2.75, 3.05) is 20.6 Å². The number of hydrogen-bond acceptors (Lipinski definition) is 3. The van der Waals surface area contributed by atoms with Gasteiger partial charge in [0.2, 0.25) is 11.8 Å². The van der Waals surface area contributed by atoms with Crippen LogP contribution in [0.1, 0.15) is 13.8 Å². The van der Waals surface area contributed by atoms with Crippen molar-refractivity contribution in [3.63, 3.8) is 0 Å². The van der Waals surface area contributed by atoms with Gasteiger partial charge in [0.1, 0.15) is 5.54 Å². The van der Waals surface area contributed by atoms with Crippen molar-refractivity contribution in [3.05, 3.63) is 0 Å². The normalized spacial score (nSPS) is 10.8. The largest absolute Gasteiger partial charge is 0.347 e. The Balaban J connectivity index is 4.39. The van der Waals surface area contributed by atoms with Gasteiger partial charge < -0.3 is 16.0 Å². The number of carbonyl (C=O) groups is 2. The number of nitrogens with one attached hydrogen (secondary N) is 1. The van der Waals surface area contributed by atoms with Gasteiger partial charge in [-0.1, -0.05) is 0 Å². The number of rotatable bonds is 3. The van der Waals surface area contributed by atoms with E-state index in [-0.39, 0.29) is 18.4 Å². The minimum absolute atomic E-state index is 0.107. The average Bonchev–Trinajstić information content (AvgIpc) is 2.01. The molecule has 5 nitrogen and oxygen atoms in total. The zero-order valence-electron chi connectivity index (χ0n) is 8.55. The lowest BCUT2D eigenvalue weighted by Crippen LogP contribution is -2.55. The first kappa shape index (κ1) is 11.9. The molecule has 0 aromatic heterocycles. The predicted octanol–water partition coefficient (Wildman–Crippen LogP) is -1.07. The Morgan fingerprint density at radius 2 is 1.85 bits per heavy atom. The molecule has 0 heterocycles. The fourth-order valence-corrected chi connectivity index (χ4v) is 1.01. The van der Waals surface area contributed by atoms with Crippen molar-refractivity contribution >= 4 is 11.8 Å². The molecular weight excluding hydrogens is 170 g/mol. The number of nitrogens with zero attached hydrogens (tertiary/aromatic N) is 1. The molecule has 0 aliphatic heterocycles. The van der Waals surface area contributed by atoms with Gasteiger partial charge in [0.05, 0.1) is 6.54 Å². The first-order valence-corrected chi connectivity index (χ1v) is 4.04. The SMILES string of the molecule is CN(C)C(=O)C(C)(C)NC(=O)CN. The van der Waals surface area contributed by atoms with Crippen molar-refractivity contribution in [2.24, 2.45) is 5.73 Å². The number of amides is 2. The third-order valence-corrected chi connectivity index (χ3v) is 1.58. The van der Waals surface area contributed by atoms with Crippen LogP contribution in [-0.2, 0) is 9.59 Å². The Hall–Kier alpha value is -1.10. The van der Waals surface area contributed by atoms with E-state index in [0.29, 0.717) is 0 Å². The molecule has 0 saturated heterocycles. The Labute approximate surface area is 78.3 Å². The van der Waals surface area contributed by atoms with Crippen LogP contribution in [0.4, 0.5) is 0 Å². The molecule has 0 aliphatic carbocycles. The molecule has 5 heteroatoms. The van der Waals surface area contributed by atoms with Crippen LogP contribution in [0.3, 0.4) is 0 Å². The molecule has 0 fully saturated rings. The molecule has 0 aromatic carbocycles. The first-order valence-electron chi connectivity index (χ1n) is 4.04. The van der Waals surface area contributed by atoms with E-state index < -0.39 is 5.54 Å². The van der Waals surface area contributed by atoms with Gasteiger partial charge in [-0.25, -0.2) is 0 Å². The second-order valence-electron chi connectivity index (χ2n) is 3.58. The first-order chi connectivity index (χ1) is 5.81. The van der Waals surface area contributed by atoms with Crippen molar-refractivity contribution in [1.82, 2.24) is 10.2 Å². The third kappa shape index (κ3) is 3.42. The zero-order chi connectivity index (χ0) is 10.6. The molecule has 3 N–H and O–H groups in total. The fraction of sp³-hybridized carbons (Fsp3) is 0.750. The van der Waals surface area contributed by atoms with E-state index in [1.807, 2.05) is 0 Å². The van der Waals surface area contributed by atoms with Crippen LogP contribution in [-0.4, -0.2) is 42.9 Å². The van der Waals surface area contributed by atoms with Crippen molar-refractivity contribution in [2.45, 2.75) is 19.4 Å². The minimum Gasteiger partial charge on any atom is -0.347 e. The van der Waals surface area contributed by atoms with E-state index in [2.05, 4.69) is 5.32 Å². The van der Waals surface area contributed by atoms with Gasteiger partial charge in [-0.3, -0.25) is 9.59 Å². The highest BCUT2D eigenvalue weighted by molar-refractivity contribution is 5.90. The Morgan fingerprint density at radius 3 is 2.15 bits per heavy atom. The maximum atomic E-state index is 11.5. The third-order valence-electron chi connectivity index (χ3n) is 1.58. The lowest BCUT2D eigenvalue weighted by molar-refractivity contribution is -0.137. The number of carbonyl (C=O) groups excluding carboxylic acids is 2. The van der Waals surface area contributed by atoms with E-state index >= 15 is 0 Å². The van der Waals surface area contributed by atoms with Crippen LogP contribution < -0.4 is 11.1 Å². The number of likely N-dealkylation sites (N-methyl/N-ethyl adjacent to an activating group) is 1. The lowest BCUT2D eigenvalue weighted by atomic mass is 10.0. The second kappa shape index (κ2) is 4.23. The molecule has 0 rings (SSSR count). The maximum Gasteiger partial charge on any atom is 0.247 e. The Bertz CT molecular complexity index is 211. The summed E-state index contributed by atoms with van der Waals surface area (Å²) in [5.74, 6) is -0.491. The van der Waals surface area contributed by atoms with Crippen molar-refractivity contribution in [3.8, 4) is 0 Å². The molecular formula is C8H17N3O2. The smallest absolute Gasteiger partial charge is 0.247 e. The van der Waals surface area contributed by atoms with Gasteiger partial charge in [-0.05, 0) is 13.8 Å². The molecule has 2 amide bonds. The summed E-state index contributed by atoms with van der Waals surface area (Å²) in [6, 6.07) is 0. The van der Waals surface area contributed by atoms with Gasteiger partial charge in [0.15, 0.2) is 0 Å². The predicted molar refractivity (Wildman–Crippen MR) is 50.0 cm³/mol. The summed E-state index contributed by atoms with van der Waals surface area (Å²) in [6.07, 6.45) is 0.